The van der Waals surface area contributed by atoms with Crippen LogP contribution in [0.15, 0.2) is 48.9 Å². The molecule has 0 aliphatic carbocycles. The number of nitrogens with one attached hydrogen (secondary N) is 1. The molecule has 1 aromatic carbocycles. The number of aliphatic hydroxyl groups excluding tert-OH is 2. The summed E-state index contributed by atoms with van der Waals surface area (Å²) in [7, 11) is 0. The molecule has 0 bridgehead atoms. The minimum absolute atomic E-state index is 0.00529. The van der Waals surface area contributed by atoms with Crippen molar-refractivity contribution in [2.24, 2.45) is 5.92 Å². The van der Waals surface area contributed by atoms with E-state index in [2.05, 4.69) is 11.9 Å². The summed E-state index contributed by atoms with van der Waals surface area (Å²) >= 11 is 0. The summed E-state index contributed by atoms with van der Waals surface area (Å²) in [6.45, 7) is 3.77. The Labute approximate surface area is 141 Å². The molecule has 1 fully saturated rings. The zero-order chi connectivity index (χ0) is 17.1. The lowest BCUT2D eigenvalue weighted by Crippen LogP contribution is -2.41. The third kappa shape index (κ3) is 3.36. The van der Waals surface area contributed by atoms with E-state index in [9.17, 15) is 15.0 Å². The number of hydrogen-bond donors (Lipinski definition) is 3. The number of aliphatic hydroxyl groups is 2. The highest BCUT2D eigenvalue weighted by Crippen LogP contribution is 2.33. The van der Waals surface area contributed by atoms with Gasteiger partial charge in [0.1, 0.15) is 12.0 Å². The molecular weight excluding hydrogens is 308 g/mol. The first kappa shape index (κ1) is 16.7. The van der Waals surface area contributed by atoms with Crippen LogP contribution in [0.4, 0.5) is 0 Å². The molecule has 1 aromatic rings. The van der Waals surface area contributed by atoms with E-state index in [0.717, 1.165) is 17.5 Å². The Morgan fingerprint density at radius 3 is 2.71 bits per heavy atom. The normalized spacial score (nSPS) is 26.8. The van der Waals surface area contributed by atoms with Crippen LogP contribution in [0.25, 0.3) is 0 Å². The van der Waals surface area contributed by atoms with Crippen LogP contribution in [0.2, 0.25) is 0 Å². The lowest BCUT2D eigenvalue weighted by atomic mass is 9.90. The summed E-state index contributed by atoms with van der Waals surface area (Å²) in [5.41, 5.74) is 1.96. The van der Waals surface area contributed by atoms with Crippen molar-refractivity contribution in [1.82, 2.24) is 10.2 Å². The SMILES string of the molecule is C=C1NC(=O)C=CN1C1CC(Cc2ccccc2CO)C(CO)O1. The topological polar surface area (TPSA) is 82.0 Å². The van der Waals surface area contributed by atoms with Gasteiger partial charge in [-0.1, -0.05) is 30.8 Å². The van der Waals surface area contributed by atoms with Gasteiger partial charge in [-0.25, -0.2) is 0 Å². The highest BCUT2D eigenvalue weighted by atomic mass is 16.5. The Kier molecular flexibility index (Phi) is 4.99. The molecule has 1 amide bonds. The number of carbonyl (C=O) groups is 1. The molecule has 1 saturated heterocycles. The highest BCUT2D eigenvalue weighted by Gasteiger charge is 2.38. The van der Waals surface area contributed by atoms with Crippen LogP contribution in [0.5, 0.6) is 0 Å². The Bertz CT molecular complexity index is 658. The van der Waals surface area contributed by atoms with Gasteiger partial charge < -0.3 is 25.2 Å². The quantitative estimate of drug-likeness (QED) is 0.746. The number of rotatable bonds is 5. The highest BCUT2D eigenvalue weighted by molar-refractivity contribution is 5.89. The van der Waals surface area contributed by atoms with Crippen molar-refractivity contribution in [3.05, 3.63) is 60.1 Å². The number of nitrogens with zero attached hydrogens (tertiary/aromatic N) is 1. The predicted molar refractivity (Wildman–Crippen MR) is 88.2 cm³/mol. The van der Waals surface area contributed by atoms with Gasteiger partial charge in [-0.2, -0.15) is 0 Å². The fourth-order valence-electron chi connectivity index (χ4n) is 3.31. The number of ether oxygens (including phenoxy) is 1. The molecule has 2 aliphatic heterocycles. The Morgan fingerprint density at radius 2 is 2.04 bits per heavy atom. The second-order valence-corrected chi connectivity index (χ2v) is 6.10. The van der Waals surface area contributed by atoms with Crippen molar-refractivity contribution >= 4 is 5.91 Å². The molecule has 2 heterocycles. The molecule has 3 rings (SSSR count). The Balaban J connectivity index is 1.74. The average Bonchev–Trinajstić information content (AvgIpc) is 2.98. The van der Waals surface area contributed by atoms with Crippen molar-refractivity contribution in [2.45, 2.75) is 31.8 Å². The number of carbonyl (C=O) groups excluding carboxylic acids is 1. The minimum atomic E-state index is -0.291. The van der Waals surface area contributed by atoms with Crippen molar-refractivity contribution in [2.75, 3.05) is 6.61 Å². The van der Waals surface area contributed by atoms with Gasteiger partial charge in [-0.3, -0.25) is 4.79 Å². The Morgan fingerprint density at radius 1 is 1.29 bits per heavy atom. The first-order valence-corrected chi connectivity index (χ1v) is 8.02. The molecule has 3 N–H and O–H groups in total. The molecule has 3 atom stereocenters. The first-order valence-electron chi connectivity index (χ1n) is 8.02. The maximum atomic E-state index is 11.3. The summed E-state index contributed by atoms with van der Waals surface area (Å²) in [4.78, 5) is 13.1. The maximum Gasteiger partial charge on any atom is 0.250 e. The van der Waals surface area contributed by atoms with Crippen LogP contribution in [-0.2, 0) is 22.6 Å². The van der Waals surface area contributed by atoms with Gasteiger partial charge in [0.15, 0.2) is 0 Å². The van der Waals surface area contributed by atoms with Crippen LogP contribution >= 0.6 is 0 Å². The van der Waals surface area contributed by atoms with E-state index in [1.54, 1.807) is 11.1 Å². The molecular formula is C18H22N2O4. The summed E-state index contributed by atoms with van der Waals surface area (Å²) in [6, 6.07) is 7.74. The standard InChI is InChI=1S/C18H22N2O4/c1-12-19-17(23)6-7-20(12)18-9-15(16(11-22)24-18)8-13-4-2-3-5-14(13)10-21/h2-7,15-16,18,21-22H,1,8-11H2,(H,19,23). The van der Waals surface area contributed by atoms with Crippen LogP contribution in [-0.4, -0.2) is 40.0 Å². The molecule has 6 nitrogen and oxygen atoms in total. The second-order valence-electron chi connectivity index (χ2n) is 6.10. The van der Waals surface area contributed by atoms with Crippen LogP contribution < -0.4 is 5.32 Å². The molecule has 0 saturated carbocycles. The first-order chi connectivity index (χ1) is 11.6. The monoisotopic (exact) mass is 330 g/mol. The lowest BCUT2D eigenvalue weighted by molar-refractivity contribution is -0.117. The summed E-state index contributed by atoms with van der Waals surface area (Å²) in [5.74, 6) is 0.383. The van der Waals surface area contributed by atoms with Crippen LogP contribution in [0.3, 0.4) is 0 Å². The summed E-state index contributed by atoms with van der Waals surface area (Å²) in [6.07, 6.45) is 3.93. The second kappa shape index (κ2) is 7.17. The largest absolute Gasteiger partial charge is 0.394 e. The molecule has 0 aromatic heterocycles. The van der Waals surface area contributed by atoms with Crippen LogP contribution in [0, 0.1) is 5.92 Å². The third-order valence-corrected chi connectivity index (χ3v) is 4.59. The molecule has 2 aliphatic rings. The third-order valence-electron chi connectivity index (χ3n) is 4.59. The van der Waals surface area contributed by atoms with Gasteiger partial charge in [-0.05, 0) is 29.9 Å². The van der Waals surface area contributed by atoms with Crippen LogP contribution in [0.1, 0.15) is 17.5 Å². The lowest BCUT2D eigenvalue weighted by Gasteiger charge is -2.31. The van der Waals surface area contributed by atoms with Gasteiger partial charge in [-0.15, -0.1) is 0 Å². The van der Waals surface area contributed by atoms with Gasteiger partial charge in [0.2, 0.25) is 0 Å². The zero-order valence-corrected chi connectivity index (χ0v) is 13.4. The van der Waals surface area contributed by atoms with E-state index in [1.165, 1.54) is 6.08 Å². The van der Waals surface area contributed by atoms with Gasteiger partial charge >= 0.3 is 0 Å². The number of hydrogen-bond acceptors (Lipinski definition) is 5. The molecule has 128 valence electrons. The smallest absolute Gasteiger partial charge is 0.250 e. The number of benzene rings is 1. The fourth-order valence-corrected chi connectivity index (χ4v) is 3.31. The van der Waals surface area contributed by atoms with Gasteiger partial charge in [0.25, 0.3) is 5.91 Å². The molecule has 6 heteroatoms. The van der Waals surface area contributed by atoms with Gasteiger partial charge in [0.05, 0.1) is 19.3 Å². The van der Waals surface area contributed by atoms with E-state index in [0.29, 0.717) is 12.2 Å². The summed E-state index contributed by atoms with van der Waals surface area (Å²) < 4.78 is 5.96. The predicted octanol–water partition coefficient (Wildman–Crippen LogP) is 0.862. The summed E-state index contributed by atoms with van der Waals surface area (Å²) in [5, 5.41) is 21.8. The van der Waals surface area contributed by atoms with Crippen molar-refractivity contribution in [3.8, 4) is 0 Å². The molecule has 3 unspecified atom stereocenters. The fraction of sp³-hybridized carbons (Fsp3) is 0.389. The van der Waals surface area contributed by atoms with E-state index >= 15 is 0 Å². The average molecular weight is 330 g/mol. The Hall–Kier alpha value is -2.15. The van der Waals surface area contributed by atoms with E-state index < -0.39 is 0 Å². The van der Waals surface area contributed by atoms with Gasteiger partial charge in [0, 0.05) is 12.3 Å². The minimum Gasteiger partial charge on any atom is -0.394 e. The molecule has 0 radical (unpaired) electrons. The van der Waals surface area contributed by atoms with Crippen molar-refractivity contribution in [1.29, 1.82) is 0 Å². The van der Waals surface area contributed by atoms with E-state index in [4.69, 9.17) is 4.74 Å². The van der Waals surface area contributed by atoms with E-state index in [-0.39, 0.29) is 37.4 Å². The van der Waals surface area contributed by atoms with E-state index in [1.807, 2.05) is 24.3 Å². The maximum absolute atomic E-state index is 11.3. The molecule has 24 heavy (non-hydrogen) atoms. The van der Waals surface area contributed by atoms with Crippen molar-refractivity contribution in [3.63, 3.8) is 0 Å². The van der Waals surface area contributed by atoms with Crippen molar-refractivity contribution < 1.29 is 19.7 Å². The number of amides is 1. The molecule has 0 spiro atoms. The zero-order valence-electron chi connectivity index (χ0n) is 13.4.